The fraction of sp³-hybridized carbons (Fsp3) is 0.524. The molecule has 134 valence electrons. The smallest absolute Gasteiger partial charge is 0.224 e. The molecule has 1 saturated carbocycles. The van der Waals surface area contributed by atoms with Gasteiger partial charge in [0.1, 0.15) is 0 Å². The van der Waals surface area contributed by atoms with Gasteiger partial charge in [0.25, 0.3) is 0 Å². The summed E-state index contributed by atoms with van der Waals surface area (Å²) in [5.41, 5.74) is 3.43. The summed E-state index contributed by atoms with van der Waals surface area (Å²) in [5.74, 6) is 0.597. The van der Waals surface area contributed by atoms with Crippen LogP contribution in [0.5, 0.6) is 0 Å². The molecule has 0 aliphatic heterocycles. The zero-order valence-electron chi connectivity index (χ0n) is 15.4. The van der Waals surface area contributed by atoms with E-state index < -0.39 is 0 Å². The molecule has 4 nitrogen and oxygen atoms in total. The first-order valence-corrected chi connectivity index (χ1v) is 9.51. The van der Waals surface area contributed by atoms with Crippen LogP contribution in [0.3, 0.4) is 0 Å². The van der Waals surface area contributed by atoms with E-state index in [2.05, 4.69) is 65.5 Å². The van der Waals surface area contributed by atoms with Crippen LogP contribution in [0.2, 0.25) is 0 Å². The van der Waals surface area contributed by atoms with E-state index in [0.29, 0.717) is 24.9 Å². The minimum atomic E-state index is 0.0764. The summed E-state index contributed by atoms with van der Waals surface area (Å²) in [5, 5.41) is 7.67. The van der Waals surface area contributed by atoms with Crippen molar-refractivity contribution in [3.05, 3.63) is 53.3 Å². The Labute approximate surface area is 150 Å². The lowest BCUT2D eigenvalue weighted by Gasteiger charge is -2.09. The number of aromatic nitrogens is 2. The van der Waals surface area contributed by atoms with Gasteiger partial charge in [-0.3, -0.25) is 9.48 Å². The molecule has 0 spiro atoms. The van der Waals surface area contributed by atoms with Crippen LogP contribution in [0.4, 0.5) is 0 Å². The third kappa shape index (κ3) is 4.94. The van der Waals surface area contributed by atoms with Gasteiger partial charge >= 0.3 is 0 Å². The summed E-state index contributed by atoms with van der Waals surface area (Å²) in [6, 6.07) is 11.0. The number of rotatable bonds is 7. The number of hydrogen-bond acceptors (Lipinski definition) is 2. The van der Waals surface area contributed by atoms with Crippen LogP contribution < -0.4 is 5.32 Å². The van der Waals surface area contributed by atoms with Gasteiger partial charge in [-0.1, -0.05) is 51.0 Å². The summed E-state index contributed by atoms with van der Waals surface area (Å²) in [6.07, 6.45) is 8.43. The summed E-state index contributed by atoms with van der Waals surface area (Å²) in [7, 11) is 0. The minimum Gasteiger partial charge on any atom is -0.355 e. The van der Waals surface area contributed by atoms with Gasteiger partial charge in [0.15, 0.2) is 0 Å². The average Bonchev–Trinajstić information content (AvgIpc) is 3.26. The van der Waals surface area contributed by atoms with Gasteiger partial charge in [0, 0.05) is 19.2 Å². The average molecular weight is 339 g/mol. The van der Waals surface area contributed by atoms with E-state index in [4.69, 9.17) is 0 Å². The highest BCUT2D eigenvalue weighted by Crippen LogP contribution is 2.28. The first-order valence-electron chi connectivity index (χ1n) is 9.51. The second-order valence-electron chi connectivity index (χ2n) is 7.40. The Kier molecular flexibility index (Phi) is 5.90. The third-order valence-electron chi connectivity index (χ3n) is 5.08. The van der Waals surface area contributed by atoms with Crippen molar-refractivity contribution in [1.29, 1.82) is 0 Å². The predicted molar refractivity (Wildman–Crippen MR) is 101 cm³/mol. The van der Waals surface area contributed by atoms with Gasteiger partial charge < -0.3 is 5.32 Å². The van der Waals surface area contributed by atoms with Crippen molar-refractivity contribution < 1.29 is 4.79 Å². The molecule has 1 aliphatic rings. The second-order valence-corrected chi connectivity index (χ2v) is 7.40. The van der Waals surface area contributed by atoms with E-state index in [1.165, 1.54) is 31.2 Å². The van der Waals surface area contributed by atoms with Crippen LogP contribution in [0.1, 0.15) is 68.3 Å². The number of nitrogens with one attached hydrogen (secondary N) is 1. The number of benzene rings is 1. The standard InChI is InChI=1S/C21H29N3O/c1-16(2)18-9-7-17(8-10-18)15-21(25)22-13-11-19-12-14-24(23-19)20-5-3-4-6-20/h7-10,12,14,16,20H,3-6,11,13,15H2,1-2H3,(H,22,25). The zero-order chi connectivity index (χ0) is 17.6. The Morgan fingerprint density at radius 1 is 1.20 bits per heavy atom. The molecule has 0 bridgehead atoms. The zero-order valence-corrected chi connectivity index (χ0v) is 15.4. The quantitative estimate of drug-likeness (QED) is 0.828. The summed E-state index contributed by atoms with van der Waals surface area (Å²) in [6.45, 7) is 5.00. The molecule has 25 heavy (non-hydrogen) atoms. The maximum absolute atomic E-state index is 12.1. The molecule has 3 rings (SSSR count). The summed E-state index contributed by atoms with van der Waals surface area (Å²) in [4.78, 5) is 12.1. The van der Waals surface area contributed by atoms with Crippen LogP contribution in [-0.4, -0.2) is 22.2 Å². The van der Waals surface area contributed by atoms with Crippen molar-refractivity contribution in [3.63, 3.8) is 0 Å². The first kappa shape index (κ1) is 17.7. The van der Waals surface area contributed by atoms with E-state index >= 15 is 0 Å². The first-order chi connectivity index (χ1) is 12.1. The SMILES string of the molecule is CC(C)c1ccc(CC(=O)NCCc2ccn(C3CCCC3)n2)cc1. The van der Waals surface area contributed by atoms with Crippen LogP contribution in [-0.2, 0) is 17.6 Å². The molecule has 0 atom stereocenters. The fourth-order valence-electron chi connectivity index (χ4n) is 3.48. The molecule has 0 saturated heterocycles. The van der Waals surface area contributed by atoms with Crippen molar-refractivity contribution >= 4 is 5.91 Å². The van der Waals surface area contributed by atoms with Gasteiger partial charge in [-0.15, -0.1) is 0 Å². The normalized spacial score (nSPS) is 15.0. The predicted octanol–water partition coefficient (Wildman–Crippen LogP) is 4.02. The highest BCUT2D eigenvalue weighted by atomic mass is 16.1. The summed E-state index contributed by atoms with van der Waals surface area (Å²) >= 11 is 0. The van der Waals surface area contributed by atoms with Crippen molar-refractivity contribution in [3.8, 4) is 0 Å². The molecule has 1 aromatic carbocycles. The maximum Gasteiger partial charge on any atom is 0.224 e. The largest absolute Gasteiger partial charge is 0.355 e. The molecule has 1 heterocycles. The number of nitrogens with zero attached hydrogens (tertiary/aromatic N) is 2. The molecule has 1 aliphatic carbocycles. The highest BCUT2D eigenvalue weighted by molar-refractivity contribution is 5.78. The van der Waals surface area contributed by atoms with Gasteiger partial charge in [0.05, 0.1) is 18.2 Å². The maximum atomic E-state index is 12.1. The Hall–Kier alpha value is -2.10. The third-order valence-corrected chi connectivity index (χ3v) is 5.08. The van der Waals surface area contributed by atoms with Crippen molar-refractivity contribution in [2.24, 2.45) is 0 Å². The molecule has 1 N–H and O–H groups in total. The molecule has 4 heteroatoms. The number of amides is 1. The van der Waals surface area contributed by atoms with E-state index in [1.807, 2.05) is 0 Å². The number of carbonyl (C=O) groups excluding carboxylic acids is 1. The molecular weight excluding hydrogens is 310 g/mol. The van der Waals surface area contributed by atoms with Gasteiger partial charge in [0.2, 0.25) is 5.91 Å². The number of carbonyl (C=O) groups is 1. The van der Waals surface area contributed by atoms with E-state index in [0.717, 1.165) is 17.7 Å². The van der Waals surface area contributed by atoms with Gasteiger partial charge in [-0.25, -0.2) is 0 Å². The van der Waals surface area contributed by atoms with E-state index in [9.17, 15) is 4.79 Å². The molecule has 0 unspecified atom stereocenters. The lowest BCUT2D eigenvalue weighted by molar-refractivity contribution is -0.120. The van der Waals surface area contributed by atoms with Crippen molar-refractivity contribution in [2.75, 3.05) is 6.54 Å². The lowest BCUT2D eigenvalue weighted by Crippen LogP contribution is -2.27. The Bertz CT molecular complexity index is 681. The topological polar surface area (TPSA) is 46.9 Å². The lowest BCUT2D eigenvalue weighted by atomic mass is 10.0. The second kappa shape index (κ2) is 8.32. The molecule has 1 aromatic heterocycles. The Morgan fingerprint density at radius 2 is 1.92 bits per heavy atom. The summed E-state index contributed by atoms with van der Waals surface area (Å²) < 4.78 is 2.11. The minimum absolute atomic E-state index is 0.0764. The van der Waals surface area contributed by atoms with Crippen LogP contribution in [0.15, 0.2) is 36.5 Å². The van der Waals surface area contributed by atoms with E-state index in [-0.39, 0.29) is 5.91 Å². The number of hydrogen-bond donors (Lipinski definition) is 1. The van der Waals surface area contributed by atoms with Crippen LogP contribution in [0, 0.1) is 0 Å². The van der Waals surface area contributed by atoms with E-state index in [1.54, 1.807) is 0 Å². The van der Waals surface area contributed by atoms with Crippen LogP contribution >= 0.6 is 0 Å². The fourth-order valence-corrected chi connectivity index (χ4v) is 3.48. The van der Waals surface area contributed by atoms with Gasteiger partial charge in [-0.05, 0) is 36.0 Å². The molecule has 2 aromatic rings. The Balaban J connectivity index is 1.41. The highest BCUT2D eigenvalue weighted by Gasteiger charge is 2.17. The van der Waals surface area contributed by atoms with Gasteiger partial charge in [-0.2, -0.15) is 5.10 Å². The monoisotopic (exact) mass is 339 g/mol. The molecule has 0 radical (unpaired) electrons. The molecule has 1 amide bonds. The van der Waals surface area contributed by atoms with Crippen LogP contribution in [0.25, 0.3) is 0 Å². The van der Waals surface area contributed by atoms with Crippen molar-refractivity contribution in [2.45, 2.75) is 64.3 Å². The Morgan fingerprint density at radius 3 is 2.60 bits per heavy atom. The molecular formula is C21H29N3O. The van der Waals surface area contributed by atoms with Crippen molar-refractivity contribution in [1.82, 2.24) is 15.1 Å². The molecule has 1 fully saturated rings.